The lowest BCUT2D eigenvalue weighted by Gasteiger charge is -2.02. The molecule has 0 radical (unpaired) electrons. The Hall–Kier alpha value is -2.24. The molecule has 5 nitrogen and oxygen atoms in total. The number of benzene rings is 1. The van der Waals surface area contributed by atoms with Crippen molar-refractivity contribution >= 4 is 11.7 Å². The van der Waals surface area contributed by atoms with Crippen molar-refractivity contribution < 1.29 is 18.8 Å². The van der Waals surface area contributed by atoms with Gasteiger partial charge < -0.3 is 4.74 Å². The van der Waals surface area contributed by atoms with E-state index in [0.29, 0.717) is 0 Å². The molecule has 0 unspecified atom stereocenters. The van der Waals surface area contributed by atoms with Crippen LogP contribution in [0.2, 0.25) is 0 Å². The molecule has 0 aliphatic carbocycles. The smallest absolute Gasteiger partial charge is 0.335 e. The first-order valence-corrected chi connectivity index (χ1v) is 4.33. The zero-order chi connectivity index (χ0) is 12.1. The van der Waals surface area contributed by atoms with Crippen LogP contribution in [0.25, 0.3) is 0 Å². The highest BCUT2D eigenvalue weighted by molar-refractivity contribution is 5.84. The van der Waals surface area contributed by atoms with Gasteiger partial charge in [0.2, 0.25) is 0 Å². The molecule has 0 bridgehead atoms. The van der Waals surface area contributed by atoms with Gasteiger partial charge >= 0.3 is 5.97 Å². The Labute approximate surface area is 90.3 Å². The third-order valence-corrected chi connectivity index (χ3v) is 1.64. The molecular weight excluding hydrogens is 217 g/mol. The molecule has 0 atom stereocenters. The first-order chi connectivity index (χ1) is 7.54. The van der Waals surface area contributed by atoms with E-state index in [0.717, 1.165) is 24.3 Å². The van der Waals surface area contributed by atoms with Crippen LogP contribution in [0.1, 0.15) is 6.92 Å². The van der Waals surface area contributed by atoms with Gasteiger partial charge in [-0.2, -0.15) is 0 Å². The van der Waals surface area contributed by atoms with Crippen molar-refractivity contribution in [3.63, 3.8) is 0 Å². The molecule has 0 aliphatic heterocycles. The third kappa shape index (κ3) is 2.88. The summed E-state index contributed by atoms with van der Waals surface area (Å²) in [5.74, 6) is -2.08. The van der Waals surface area contributed by atoms with Crippen molar-refractivity contribution in [2.24, 2.45) is 0 Å². The van der Waals surface area contributed by atoms with E-state index < -0.39 is 22.5 Å². The zero-order valence-corrected chi connectivity index (χ0v) is 8.34. The number of halogens is 1. The van der Waals surface area contributed by atoms with Gasteiger partial charge in [0.15, 0.2) is 11.6 Å². The van der Waals surface area contributed by atoms with Gasteiger partial charge in [0, 0.05) is 12.1 Å². The Morgan fingerprint density at radius 1 is 1.56 bits per heavy atom. The van der Waals surface area contributed by atoms with Gasteiger partial charge in [-0.15, -0.1) is 0 Å². The maximum absolute atomic E-state index is 13.1. The predicted molar refractivity (Wildman–Crippen MR) is 53.5 cm³/mol. The van der Waals surface area contributed by atoms with Gasteiger partial charge in [0.05, 0.1) is 11.0 Å². The van der Waals surface area contributed by atoms with Crippen molar-refractivity contribution in [2.45, 2.75) is 6.92 Å². The molecule has 0 heterocycles. The number of hydrogen-bond acceptors (Lipinski definition) is 4. The van der Waals surface area contributed by atoms with Gasteiger partial charge in [-0.05, 0) is 13.0 Å². The van der Waals surface area contributed by atoms with Crippen LogP contribution in [0.15, 0.2) is 30.4 Å². The fraction of sp³-hybridized carbons (Fsp3) is 0.100. The molecule has 0 saturated heterocycles. The van der Waals surface area contributed by atoms with Crippen LogP contribution < -0.4 is 4.74 Å². The highest BCUT2D eigenvalue weighted by Gasteiger charge is 2.13. The minimum atomic E-state index is -0.830. The average molecular weight is 225 g/mol. The number of rotatable bonds is 3. The van der Waals surface area contributed by atoms with Crippen LogP contribution in [0.3, 0.4) is 0 Å². The first kappa shape index (κ1) is 11.8. The summed E-state index contributed by atoms with van der Waals surface area (Å²) in [6.45, 7) is 1.59. The van der Waals surface area contributed by atoms with Gasteiger partial charge in [0.25, 0.3) is 5.69 Å². The van der Waals surface area contributed by atoms with E-state index in [2.05, 4.69) is 4.74 Å². The van der Waals surface area contributed by atoms with E-state index in [4.69, 9.17) is 0 Å². The van der Waals surface area contributed by atoms with E-state index >= 15 is 0 Å². The summed E-state index contributed by atoms with van der Waals surface area (Å²) in [7, 11) is 0. The molecular formula is C10H8FNO4. The molecule has 0 fully saturated rings. The van der Waals surface area contributed by atoms with Crippen LogP contribution in [0.5, 0.6) is 5.75 Å². The van der Waals surface area contributed by atoms with E-state index in [9.17, 15) is 19.3 Å². The quantitative estimate of drug-likeness (QED) is 0.260. The maximum Gasteiger partial charge on any atom is 0.335 e. The Morgan fingerprint density at radius 2 is 2.25 bits per heavy atom. The van der Waals surface area contributed by atoms with Crippen LogP contribution in [0.4, 0.5) is 10.1 Å². The molecule has 0 saturated carbocycles. The number of carbonyl (C=O) groups excluding carboxylic acids is 1. The zero-order valence-electron chi connectivity index (χ0n) is 8.34. The third-order valence-electron chi connectivity index (χ3n) is 1.64. The number of non-ortho nitro benzene ring substituents is 1. The summed E-state index contributed by atoms with van der Waals surface area (Å²) in [6.07, 6.45) is 2.50. The summed E-state index contributed by atoms with van der Waals surface area (Å²) in [5, 5.41) is 10.4. The second-order valence-electron chi connectivity index (χ2n) is 2.79. The van der Waals surface area contributed by atoms with E-state index in [-0.39, 0.29) is 5.69 Å². The minimum absolute atomic E-state index is 0.343. The van der Waals surface area contributed by atoms with Crippen LogP contribution >= 0.6 is 0 Å². The van der Waals surface area contributed by atoms with Crippen LogP contribution in [-0.4, -0.2) is 10.9 Å². The second-order valence-corrected chi connectivity index (χ2v) is 2.79. The lowest BCUT2D eigenvalue weighted by molar-refractivity contribution is -0.385. The van der Waals surface area contributed by atoms with Crippen molar-refractivity contribution in [3.05, 3.63) is 46.3 Å². The molecule has 6 heteroatoms. The molecule has 0 aromatic heterocycles. The minimum Gasteiger partial charge on any atom is -0.420 e. The van der Waals surface area contributed by atoms with Gasteiger partial charge in [0.1, 0.15) is 0 Å². The summed E-state index contributed by atoms with van der Waals surface area (Å²) in [4.78, 5) is 20.7. The normalized spacial score (nSPS) is 10.4. The second kappa shape index (κ2) is 5.01. The number of allylic oxidation sites excluding steroid dienone is 1. The van der Waals surface area contributed by atoms with Crippen LogP contribution in [-0.2, 0) is 4.79 Å². The van der Waals surface area contributed by atoms with Gasteiger partial charge in [-0.1, -0.05) is 6.08 Å². The molecule has 0 aliphatic rings. The standard InChI is InChI=1S/C10H8FNO4/c1-2-3-10(13)16-9-6-7(12(14)15)4-5-8(9)11/h2-6H,1H3/b3-2+. The Balaban J connectivity index is 2.98. The summed E-state index contributed by atoms with van der Waals surface area (Å²) in [6, 6.07) is 2.72. The summed E-state index contributed by atoms with van der Waals surface area (Å²) >= 11 is 0. The number of ether oxygens (including phenoxy) is 1. The molecule has 16 heavy (non-hydrogen) atoms. The van der Waals surface area contributed by atoms with Crippen molar-refractivity contribution in [1.82, 2.24) is 0 Å². The lowest BCUT2D eigenvalue weighted by Crippen LogP contribution is -2.05. The number of carbonyl (C=O) groups is 1. The topological polar surface area (TPSA) is 69.4 Å². The monoisotopic (exact) mass is 225 g/mol. The summed E-state index contributed by atoms with van der Waals surface area (Å²) < 4.78 is 17.7. The van der Waals surface area contributed by atoms with E-state index in [1.165, 1.54) is 6.08 Å². The van der Waals surface area contributed by atoms with Crippen molar-refractivity contribution in [1.29, 1.82) is 0 Å². The van der Waals surface area contributed by atoms with Crippen molar-refractivity contribution in [3.8, 4) is 5.75 Å². The number of hydrogen-bond donors (Lipinski definition) is 0. The lowest BCUT2D eigenvalue weighted by atomic mass is 10.3. The molecule has 1 rings (SSSR count). The molecule has 0 N–H and O–H groups in total. The molecule has 84 valence electrons. The van der Waals surface area contributed by atoms with Crippen LogP contribution in [0, 0.1) is 15.9 Å². The Bertz CT molecular complexity index is 456. The maximum atomic E-state index is 13.1. The largest absolute Gasteiger partial charge is 0.420 e. The SMILES string of the molecule is C/C=C/C(=O)Oc1cc([N+](=O)[O-])ccc1F. The number of esters is 1. The molecule has 0 spiro atoms. The highest BCUT2D eigenvalue weighted by Crippen LogP contribution is 2.23. The number of nitro benzene ring substituents is 1. The van der Waals surface area contributed by atoms with E-state index in [1.54, 1.807) is 6.92 Å². The van der Waals surface area contributed by atoms with Crippen molar-refractivity contribution in [2.75, 3.05) is 0 Å². The molecule has 0 amide bonds. The van der Waals surface area contributed by atoms with Gasteiger partial charge in [-0.25, -0.2) is 9.18 Å². The highest BCUT2D eigenvalue weighted by atomic mass is 19.1. The number of nitrogens with zero attached hydrogens (tertiary/aromatic N) is 1. The molecule has 1 aromatic rings. The number of nitro groups is 1. The Kier molecular flexibility index (Phi) is 3.71. The fourth-order valence-electron chi connectivity index (χ4n) is 0.962. The summed E-state index contributed by atoms with van der Waals surface area (Å²) in [5.41, 5.74) is -0.343. The van der Waals surface area contributed by atoms with E-state index in [1.807, 2.05) is 0 Å². The molecule has 1 aromatic carbocycles. The predicted octanol–water partition coefficient (Wildman–Crippen LogP) is 2.22. The fourth-order valence-corrected chi connectivity index (χ4v) is 0.962. The Morgan fingerprint density at radius 3 is 2.81 bits per heavy atom. The first-order valence-electron chi connectivity index (χ1n) is 4.33. The van der Waals surface area contributed by atoms with Gasteiger partial charge in [-0.3, -0.25) is 10.1 Å². The average Bonchev–Trinajstić information content (AvgIpc) is 2.21.